The molecule has 2 aromatic rings. The van der Waals surface area contributed by atoms with Gasteiger partial charge in [0.15, 0.2) is 11.5 Å². The number of carbonyl (C=O) groups is 2. The molecular formula is C28H36O7. The number of benzene rings is 2. The molecule has 2 saturated carbocycles. The van der Waals surface area contributed by atoms with Gasteiger partial charge in [0.25, 0.3) is 0 Å². The van der Waals surface area contributed by atoms with E-state index < -0.39 is 0 Å². The van der Waals surface area contributed by atoms with Crippen LogP contribution >= 0.6 is 0 Å². The lowest BCUT2D eigenvalue weighted by Crippen LogP contribution is -2.36. The van der Waals surface area contributed by atoms with Crippen LogP contribution in [0.1, 0.15) is 51.7 Å². The average Bonchev–Trinajstić information content (AvgIpc) is 3.47. The van der Waals surface area contributed by atoms with Gasteiger partial charge in [0.1, 0.15) is 18.0 Å². The summed E-state index contributed by atoms with van der Waals surface area (Å²) in [7, 11) is 0. The quantitative estimate of drug-likeness (QED) is 0.424. The third-order valence-corrected chi connectivity index (χ3v) is 6.93. The van der Waals surface area contributed by atoms with Crippen LogP contribution in [-0.4, -0.2) is 39.5 Å². The van der Waals surface area contributed by atoms with Gasteiger partial charge in [-0.25, -0.2) is 0 Å². The zero-order chi connectivity index (χ0) is 25.7. The van der Waals surface area contributed by atoms with Gasteiger partial charge in [0, 0.05) is 11.8 Å². The van der Waals surface area contributed by atoms with Crippen molar-refractivity contribution in [3.05, 3.63) is 53.6 Å². The second kappa shape index (κ2) is 11.5. The van der Waals surface area contributed by atoms with Crippen molar-refractivity contribution < 1.29 is 34.4 Å². The van der Waals surface area contributed by atoms with Crippen molar-refractivity contribution in [1.82, 2.24) is 0 Å². The van der Waals surface area contributed by atoms with Crippen molar-refractivity contribution in [3.63, 3.8) is 0 Å². The molecule has 5 atom stereocenters. The molecule has 1 heterocycles. The minimum atomic E-state index is -0.183. The van der Waals surface area contributed by atoms with Crippen molar-refractivity contribution >= 4 is 11.9 Å². The van der Waals surface area contributed by atoms with Gasteiger partial charge in [0.05, 0.1) is 11.8 Å². The number of ether oxygens (including phenoxy) is 2. The first-order valence-corrected chi connectivity index (χ1v) is 12.3. The Morgan fingerprint density at radius 2 is 1.60 bits per heavy atom. The highest BCUT2D eigenvalue weighted by Gasteiger charge is 2.63. The number of aryl methyl sites for hydroxylation is 2. The van der Waals surface area contributed by atoms with E-state index in [0.29, 0.717) is 17.6 Å². The van der Waals surface area contributed by atoms with Crippen LogP contribution in [0.4, 0.5) is 0 Å². The fraction of sp³-hybridized carbons (Fsp3) is 0.500. The Labute approximate surface area is 206 Å². The van der Waals surface area contributed by atoms with Gasteiger partial charge in [-0.2, -0.15) is 0 Å². The second-order valence-corrected chi connectivity index (χ2v) is 9.66. The van der Waals surface area contributed by atoms with Crippen LogP contribution in [-0.2, 0) is 31.9 Å². The molecule has 190 valence electrons. The fourth-order valence-electron chi connectivity index (χ4n) is 4.86. The molecule has 5 rings (SSSR count). The van der Waals surface area contributed by atoms with E-state index in [1.54, 1.807) is 24.3 Å². The SMILES string of the molecule is CC(C)C(=O)OC1C2CC3C(=O)OC1C3C2.CCc1ccc(O)c(O)c1.CCc1ccc(O)cc1. The normalized spacial score (nSPS) is 25.3. The summed E-state index contributed by atoms with van der Waals surface area (Å²) in [4.78, 5) is 23.1. The number of carbonyl (C=O) groups excluding carboxylic acids is 2. The smallest absolute Gasteiger partial charge is 0.309 e. The highest BCUT2D eigenvalue weighted by molar-refractivity contribution is 5.77. The molecule has 2 aliphatic carbocycles. The number of phenolic OH excluding ortho intramolecular Hbond substituents is 3. The third-order valence-electron chi connectivity index (χ3n) is 6.93. The van der Waals surface area contributed by atoms with Crippen LogP contribution in [0.5, 0.6) is 17.2 Å². The summed E-state index contributed by atoms with van der Waals surface area (Å²) in [5.74, 6) is 0.592. The van der Waals surface area contributed by atoms with Crippen molar-refractivity contribution in [2.75, 3.05) is 0 Å². The molecule has 1 aliphatic heterocycles. The lowest BCUT2D eigenvalue weighted by Gasteiger charge is -2.25. The number of aromatic hydroxyl groups is 3. The predicted octanol–water partition coefficient (Wildman–Crippen LogP) is 4.75. The molecule has 1 saturated heterocycles. The van der Waals surface area contributed by atoms with Crippen LogP contribution in [0.25, 0.3) is 0 Å². The molecule has 0 amide bonds. The zero-order valence-corrected chi connectivity index (χ0v) is 20.8. The Bertz CT molecular complexity index is 1010. The van der Waals surface area contributed by atoms with E-state index in [4.69, 9.17) is 24.8 Å². The Hall–Kier alpha value is -3.22. The van der Waals surface area contributed by atoms with E-state index in [1.165, 1.54) is 11.6 Å². The van der Waals surface area contributed by atoms with Gasteiger partial charge >= 0.3 is 11.9 Å². The first-order chi connectivity index (χ1) is 16.6. The van der Waals surface area contributed by atoms with Crippen molar-refractivity contribution in [3.8, 4) is 17.2 Å². The minimum Gasteiger partial charge on any atom is -0.508 e. The van der Waals surface area contributed by atoms with E-state index in [2.05, 4.69) is 6.92 Å². The summed E-state index contributed by atoms with van der Waals surface area (Å²) < 4.78 is 10.8. The van der Waals surface area contributed by atoms with Crippen LogP contribution in [0.15, 0.2) is 42.5 Å². The van der Waals surface area contributed by atoms with E-state index >= 15 is 0 Å². The van der Waals surface area contributed by atoms with Crippen LogP contribution in [0.2, 0.25) is 0 Å². The Morgan fingerprint density at radius 1 is 0.971 bits per heavy atom. The largest absolute Gasteiger partial charge is 0.508 e. The van der Waals surface area contributed by atoms with E-state index in [0.717, 1.165) is 31.2 Å². The van der Waals surface area contributed by atoms with Gasteiger partial charge in [0.2, 0.25) is 0 Å². The number of hydrogen-bond acceptors (Lipinski definition) is 7. The van der Waals surface area contributed by atoms with Gasteiger partial charge in [-0.15, -0.1) is 0 Å². The molecule has 3 fully saturated rings. The Balaban J connectivity index is 0.000000157. The standard InChI is InChI=1S/C12H16O4.C8H10O2.C8H10O/c1-5(2)11(13)15-9-6-3-7-8(4-6)12(14)16-10(7)9;1-2-6-3-4-7(9)8(10)5-6;1-2-7-3-5-8(9)6-4-7/h5-10H,3-4H2,1-2H3;3-5,9-10H,2H2,1H3;3-6,9H,2H2,1H3. The Morgan fingerprint density at radius 3 is 2.17 bits per heavy atom. The highest BCUT2D eigenvalue weighted by atomic mass is 16.6. The summed E-state index contributed by atoms with van der Waals surface area (Å²) in [6.45, 7) is 7.72. The maximum absolute atomic E-state index is 11.6. The summed E-state index contributed by atoms with van der Waals surface area (Å²) >= 11 is 0. The lowest BCUT2D eigenvalue weighted by molar-refractivity contribution is -0.164. The maximum Gasteiger partial charge on any atom is 0.309 e. The van der Waals surface area contributed by atoms with Crippen molar-refractivity contribution in [2.45, 2.75) is 65.6 Å². The number of fused-ring (bicyclic) bond motifs is 1. The number of esters is 2. The summed E-state index contributed by atoms with van der Waals surface area (Å²) in [5, 5.41) is 26.7. The Kier molecular flexibility index (Phi) is 8.65. The lowest BCUT2D eigenvalue weighted by atomic mass is 9.88. The third kappa shape index (κ3) is 6.27. The molecule has 0 radical (unpaired) electrons. The molecular weight excluding hydrogens is 448 g/mol. The first kappa shape index (κ1) is 26.4. The predicted molar refractivity (Wildman–Crippen MR) is 131 cm³/mol. The number of phenols is 3. The zero-order valence-electron chi connectivity index (χ0n) is 20.8. The van der Waals surface area contributed by atoms with Gasteiger partial charge in [-0.05, 0) is 61.1 Å². The van der Waals surface area contributed by atoms with Crippen LogP contribution < -0.4 is 0 Å². The van der Waals surface area contributed by atoms with E-state index in [9.17, 15) is 9.59 Å². The molecule has 2 aromatic carbocycles. The van der Waals surface area contributed by atoms with Gasteiger partial charge < -0.3 is 24.8 Å². The summed E-state index contributed by atoms with van der Waals surface area (Å²) in [5.41, 5.74) is 2.28. The summed E-state index contributed by atoms with van der Waals surface area (Å²) in [6, 6.07) is 12.1. The second-order valence-electron chi connectivity index (χ2n) is 9.66. The highest BCUT2D eigenvalue weighted by Crippen LogP contribution is 2.55. The molecule has 5 unspecified atom stereocenters. The molecule has 3 aliphatic rings. The van der Waals surface area contributed by atoms with Crippen molar-refractivity contribution in [1.29, 1.82) is 0 Å². The van der Waals surface area contributed by atoms with Crippen molar-refractivity contribution in [2.24, 2.45) is 23.7 Å². The van der Waals surface area contributed by atoms with Crippen LogP contribution in [0, 0.1) is 23.7 Å². The molecule has 2 bridgehead atoms. The molecule has 7 heteroatoms. The minimum absolute atomic E-state index is 0.0423. The van der Waals surface area contributed by atoms with Gasteiger partial charge in [-0.1, -0.05) is 45.9 Å². The molecule has 0 aromatic heterocycles. The maximum atomic E-state index is 11.6. The fourth-order valence-corrected chi connectivity index (χ4v) is 4.86. The number of rotatable bonds is 4. The first-order valence-electron chi connectivity index (χ1n) is 12.3. The topological polar surface area (TPSA) is 113 Å². The average molecular weight is 485 g/mol. The molecule has 0 spiro atoms. The molecule has 3 N–H and O–H groups in total. The van der Waals surface area contributed by atoms with Crippen LogP contribution in [0.3, 0.4) is 0 Å². The summed E-state index contributed by atoms with van der Waals surface area (Å²) in [6.07, 6.45) is 3.39. The molecule has 7 nitrogen and oxygen atoms in total. The van der Waals surface area contributed by atoms with E-state index in [1.807, 2.05) is 32.9 Å². The van der Waals surface area contributed by atoms with Gasteiger partial charge in [-0.3, -0.25) is 9.59 Å². The molecule has 35 heavy (non-hydrogen) atoms. The monoisotopic (exact) mass is 484 g/mol. The van der Waals surface area contributed by atoms with E-state index in [-0.39, 0.29) is 47.5 Å². The number of hydrogen-bond donors (Lipinski definition) is 3.